The number of pyridine rings is 1. The fourth-order valence-electron chi connectivity index (χ4n) is 2.93. The van der Waals surface area contributed by atoms with E-state index in [1.165, 1.54) is 11.1 Å². The Labute approximate surface area is 148 Å². The van der Waals surface area contributed by atoms with Gasteiger partial charge in [-0.1, -0.05) is 30.3 Å². The lowest BCUT2D eigenvalue weighted by molar-refractivity contribution is 0.0830. The summed E-state index contributed by atoms with van der Waals surface area (Å²) in [7, 11) is 2.20. The molecule has 22 heavy (non-hydrogen) atoms. The van der Waals surface area contributed by atoms with Gasteiger partial charge < -0.3 is 4.90 Å². The highest BCUT2D eigenvalue weighted by molar-refractivity contribution is 9.11. The summed E-state index contributed by atoms with van der Waals surface area (Å²) >= 11 is 7.26. The Kier molecular flexibility index (Phi) is 5.29. The largest absolute Gasteiger partial charge is 0.303 e. The SMILES string of the molecule is CN1CCN(Cc2c(Br)cncc2Br)[C@@H](c2ccccc2)C1. The summed E-state index contributed by atoms with van der Waals surface area (Å²) in [5, 5.41) is 0. The van der Waals surface area contributed by atoms with Gasteiger partial charge in [0.1, 0.15) is 0 Å². The molecule has 1 aliphatic rings. The molecule has 0 saturated carbocycles. The number of aromatic nitrogens is 1. The summed E-state index contributed by atoms with van der Waals surface area (Å²) in [5.74, 6) is 0. The second-order valence-electron chi connectivity index (χ2n) is 5.74. The first-order valence-corrected chi connectivity index (χ1v) is 8.99. The molecular weight excluding hydrogens is 406 g/mol. The van der Waals surface area contributed by atoms with Crippen LogP contribution in [0.3, 0.4) is 0 Å². The Balaban J connectivity index is 1.87. The summed E-state index contributed by atoms with van der Waals surface area (Å²) in [4.78, 5) is 9.17. The van der Waals surface area contributed by atoms with Crippen molar-refractivity contribution in [1.29, 1.82) is 0 Å². The normalized spacial score (nSPS) is 20.2. The second-order valence-corrected chi connectivity index (χ2v) is 7.45. The van der Waals surface area contributed by atoms with Crippen molar-refractivity contribution < 1.29 is 0 Å². The molecule has 3 rings (SSSR count). The summed E-state index contributed by atoms with van der Waals surface area (Å²) in [6, 6.07) is 11.2. The molecular formula is C17H19Br2N3. The van der Waals surface area contributed by atoms with Gasteiger partial charge in [0.05, 0.1) is 0 Å². The van der Waals surface area contributed by atoms with E-state index in [9.17, 15) is 0 Å². The van der Waals surface area contributed by atoms with E-state index in [1.54, 1.807) is 0 Å². The maximum absolute atomic E-state index is 4.21. The van der Waals surface area contributed by atoms with E-state index in [4.69, 9.17) is 0 Å². The van der Waals surface area contributed by atoms with Crippen LogP contribution in [-0.4, -0.2) is 41.5 Å². The molecule has 2 heterocycles. The Morgan fingerprint density at radius 1 is 1.09 bits per heavy atom. The van der Waals surface area contributed by atoms with Gasteiger partial charge in [0, 0.05) is 53.6 Å². The first kappa shape index (κ1) is 16.1. The lowest BCUT2D eigenvalue weighted by atomic mass is 10.0. The van der Waals surface area contributed by atoms with E-state index in [0.717, 1.165) is 35.1 Å². The smallest absolute Gasteiger partial charge is 0.0479 e. The van der Waals surface area contributed by atoms with Gasteiger partial charge in [0.15, 0.2) is 0 Å². The van der Waals surface area contributed by atoms with Crippen LogP contribution in [0.1, 0.15) is 17.2 Å². The van der Waals surface area contributed by atoms with Crippen LogP contribution in [-0.2, 0) is 6.54 Å². The van der Waals surface area contributed by atoms with E-state index in [0.29, 0.717) is 6.04 Å². The van der Waals surface area contributed by atoms with Crippen molar-refractivity contribution >= 4 is 31.9 Å². The van der Waals surface area contributed by atoms with Crippen LogP contribution in [0.4, 0.5) is 0 Å². The predicted octanol–water partition coefficient (Wildman–Crippen LogP) is 4.10. The molecule has 1 aliphatic heterocycles. The fraction of sp³-hybridized carbons (Fsp3) is 0.353. The molecule has 2 aromatic rings. The van der Waals surface area contributed by atoms with Gasteiger partial charge in [0.25, 0.3) is 0 Å². The molecule has 0 spiro atoms. The van der Waals surface area contributed by atoms with Gasteiger partial charge >= 0.3 is 0 Å². The van der Waals surface area contributed by atoms with E-state index < -0.39 is 0 Å². The van der Waals surface area contributed by atoms with Crippen LogP contribution in [0.2, 0.25) is 0 Å². The average Bonchev–Trinajstić information content (AvgIpc) is 2.53. The number of benzene rings is 1. The molecule has 1 fully saturated rings. The van der Waals surface area contributed by atoms with Crippen molar-refractivity contribution in [1.82, 2.24) is 14.8 Å². The van der Waals surface area contributed by atoms with Crippen LogP contribution in [0.25, 0.3) is 0 Å². The number of likely N-dealkylation sites (N-methyl/N-ethyl adjacent to an activating group) is 1. The minimum Gasteiger partial charge on any atom is -0.303 e. The van der Waals surface area contributed by atoms with Crippen molar-refractivity contribution in [3.8, 4) is 0 Å². The van der Waals surface area contributed by atoms with E-state index in [-0.39, 0.29) is 0 Å². The molecule has 0 radical (unpaired) electrons. The Morgan fingerprint density at radius 2 is 1.77 bits per heavy atom. The van der Waals surface area contributed by atoms with E-state index in [2.05, 4.69) is 84.0 Å². The lowest BCUT2D eigenvalue weighted by Crippen LogP contribution is -2.46. The number of halogens is 2. The third-order valence-corrected chi connectivity index (χ3v) is 5.56. The minimum atomic E-state index is 0.423. The van der Waals surface area contributed by atoms with Gasteiger partial charge in [-0.05, 0) is 50.0 Å². The summed E-state index contributed by atoms with van der Waals surface area (Å²) in [6.45, 7) is 4.14. The van der Waals surface area contributed by atoms with Gasteiger partial charge in [-0.15, -0.1) is 0 Å². The third-order valence-electron chi connectivity index (χ3n) is 4.19. The molecule has 116 valence electrons. The molecule has 1 atom stereocenters. The van der Waals surface area contributed by atoms with E-state index in [1.807, 2.05) is 12.4 Å². The van der Waals surface area contributed by atoms with Crippen molar-refractivity contribution in [2.45, 2.75) is 12.6 Å². The zero-order chi connectivity index (χ0) is 15.5. The topological polar surface area (TPSA) is 19.4 Å². The zero-order valence-corrected chi connectivity index (χ0v) is 15.7. The first-order chi connectivity index (χ1) is 10.6. The molecule has 0 bridgehead atoms. The van der Waals surface area contributed by atoms with Gasteiger partial charge in [-0.25, -0.2) is 0 Å². The maximum Gasteiger partial charge on any atom is 0.0479 e. The Morgan fingerprint density at radius 3 is 2.45 bits per heavy atom. The van der Waals surface area contributed by atoms with Crippen LogP contribution in [0.5, 0.6) is 0 Å². The molecule has 0 unspecified atom stereocenters. The second kappa shape index (κ2) is 7.21. The summed E-state index contributed by atoms with van der Waals surface area (Å²) < 4.78 is 2.13. The first-order valence-electron chi connectivity index (χ1n) is 7.40. The number of nitrogens with zero attached hydrogens (tertiary/aromatic N) is 3. The molecule has 3 nitrogen and oxygen atoms in total. The summed E-state index contributed by atoms with van der Waals surface area (Å²) in [5.41, 5.74) is 2.65. The number of piperazine rings is 1. The standard InChI is InChI=1S/C17H19Br2N3/c1-21-7-8-22(11-14-15(18)9-20-10-16(14)19)17(12-21)13-5-3-2-4-6-13/h2-6,9-10,17H,7-8,11-12H2,1H3/t17-/m1/s1. The van der Waals surface area contributed by atoms with Crippen LogP contribution < -0.4 is 0 Å². The highest BCUT2D eigenvalue weighted by Gasteiger charge is 2.27. The number of hydrogen-bond acceptors (Lipinski definition) is 3. The maximum atomic E-state index is 4.21. The van der Waals surface area contributed by atoms with Gasteiger partial charge in [-0.3, -0.25) is 9.88 Å². The van der Waals surface area contributed by atoms with E-state index >= 15 is 0 Å². The van der Waals surface area contributed by atoms with Gasteiger partial charge in [-0.2, -0.15) is 0 Å². The Bertz CT molecular complexity index is 613. The molecule has 0 aliphatic carbocycles. The predicted molar refractivity (Wildman–Crippen MR) is 96.7 cm³/mol. The van der Waals surface area contributed by atoms with Crippen LogP contribution >= 0.6 is 31.9 Å². The average molecular weight is 425 g/mol. The Hall–Kier alpha value is -0.750. The monoisotopic (exact) mass is 423 g/mol. The number of rotatable bonds is 3. The lowest BCUT2D eigenvalue weighted by Gasteiger charge is -2.40. The van der Waals surface area contributed by atoms with Crippen LogP contribution in [0.15, 0.2) is 51.7 Å². The minimum absolute atomic E-state index is 0.423. The zero-order valence-electron chi connectivity index (χ0n) is 12.5. The van der Waals surface area contributed by atoms with Gasteiger partial charge in [0.2, 0.25) is 0 Å². The molecule has 1 saturated heterocycles. The quantitative estimate of drug-likeness (QED) is 0.739. The van der Waals surface area contributed by atoms with Crippen molar-refractivity contribution in [3.63, 3.8) is 0 Å². The fourth-order valence-corrected chi connectivity index (χ4v) is 4.11. The third kappa shape index (κ3) is 3.59. The van der Waals surface area contributed by atoms with Crippen molar-refractivity contribution in [2.75, 3.05) is 26.7 Å². The van der Waals surface area contributed by atoms with Crippen molar-refractivity contribution in [2.24, 2.45) is 0 Å². The highest BCUT2D eigenvalue weighted by atomic mass is 79.9. The summed E-state index contributed by atoms with van der Waals surface area (Å²) in [6.07, 6.45) is 3.74. The molecule has 1 aromatic carbocycles. The molecule has 0 amide bonds. The molecule has 0 N–H and O–H groups in total. The molecule has 5 heteroatoms. The van der Waals surface area contributed by atoms with Crippen LogP contribution in [0, 0.1) is 0 Å². The molecule has 1 aromatic heterocycles. The highest BCUT2D eigenvalue weighted by Crippen LogP contribution is 2.31. The number of hydrogen-bond donors (Lipinski definition) is 0. The van der Waals surface area contributed by atoms with Crippen molar-refractivity contribution in [3.05, 3.63) is 62.8 Å².